The van der Waals surface area contributed by atoms with Crippen molar-refractivity contribution in [2.24, 2.45) is 17.8 Å². The van der Waals surface area contributed by atoms with E-state index in [4.69, 9.17) is 4.98 Å². The first-order valence-electron chi connectivity index (χ1n) is 11.6. The Morgan fingerprint density at radius 3 is 2.60 bits per heavy atom. The number of hydrogen-bond donors (Lipinski definition) is 1. The van der Waals surface area contributed by atoms with Crippen LogP contribution in [0.2, 0.25) is 0 Å². The summed E-state index contributed by atoms with van der Waals surface area (Å²) in [6.07, 6.45) is 4.81. The molecule has 4 rings (SSSR count). The number of carbonyl (C=O) groups excluding carboxylic acids is 1. The van der Waals surface area contributed by atoms with Gasteiger partial charge in [0.1, 0.15) is 0 Å². The number of aromatic nitrogens is 1. The third-order valence-electron chi connectivity index (χ3n) is 6.57. The minimum Gasteiger partial charge on any atom is -0.352 e. The van der Waals surface area contributed by atoms with Gasteiger partial charge in [-0.3, -0.25) is 4.79 Å². The van der Waals surface area contributed by atoms with Gasteiger partial charge in [-0.2, -0.15) is 0 Å². The Balaban J connectivity index is 1.29. The molecule has 2 atom stereocenters. The number of anilines is 1. The zero-order valence-electron chi connectivity index (χ0n) is 18.7. The number of nitrogens with one attached hydrogen (secondary N) is 1. The van der Waals surface area contributed by atoms with Crippen LogP contribution in [-0.4, -0.2) is 55.1 Å². The molecule has 164 valence electrons. The Kier molecular flexibility index (Phi) is 6.94. The van der Waals surface area contributed by atoms with Gasteiger partial charge in [0.2, 0.25) is 0 Å². The Hall–Kier alpha value is -1.66. The number of hydrogen-bond acceptors (Lipinski definition) is 5. The lowest BCUT2D eigenvalue weighted by atomic mass is 9.92. The zero-order chi connectivity index (χ0) is 21.1. The molecular weight excluding hydrogens is 392 g/mol. The van der Waals surface area contributed by atoms with Gasteiger partial charge >= 0.3 is 0 Å². The van der Waals surface area contributed by atoms with E-state index in [9.17, 15) is 4.79 Å². The number of likely N-dealkylation sites (tertiary alicyclic amines) is 1. The second-order valence-corrected chi connectivity index (χ2v) is 10.7. The van der Waals surface area contributed by atoms with E-state index in [1.807, 2.05) is 18.2 Å². The van der Waals surface area contributed by atoms with Gasteiger partial charge in [-0.05, 0) is 68.2 Å². The van der Waals surface area contributed by atoms with E-state index in [1.54, 1.807) is 11.3 Å². The zero-order valence-corrected chi connectivity index (χ0v) is 19.5. The first kappa shape index (κ1) is 21.6. The lowest BCUT2D eigenvalue weighted by molar-refractivity contribution is 0.0947. The summed E-state index contributed by atoms with van der Waals surface area (Å²) in [6.45, 7) is 13.4. The van der Waals surface area contributed by atoms with Crippen molar-refractivity contribution >= 4 is 32.6 Å². The molecule has 0 radical (unpaired) electrons. The van der Waals surface area contributed by atoms with Crippen LogP contribution in [0.4, 0.5) is 5.13 Å². The van der Waals surface area contributed by atoms with Gasteiger partial charge in [0.25, 0.3) is 5.91 Å². The number of rotatable bonds is 6. The third-order valence-corrected chi connectivity index (χ3v) is 7.65. The summed E-state index contributed by atoms with van der Waals surface area (Å²) in [4.78, 5) is 22.4. The summed E-state index contributed by atoms with van der Waals surface area (Å²) in [7, 11) is 0. The van der Waals surface area contributed by atoms with Gasteiger partial charge in [-0.1, -0.05) is 32.1 Å². The average Bonchev–Trinajstić information content (AvgIpc) is 3.14. The molecule has 0 spiro atoms. The first-order valence-corrected chi connectivity index (χ1v) is 12.5. The summed E-state index contributed by atoms with van der Waals surface area (Å²) in [5, 5.41) is 4.21. The highest BCUT2D eigenvalue weighted by Crippen LogP contribution is 2.32. The Morgan fingerprint density at radius 2 is 1.87 bits per heavy atom. The maximum atomic E-state index is 12.6. The fourth-order valence-electron chi connectivity index (χ4n) is 4.97. The summed E-state index contributed by atoms with van der Waals surface area (Å²) >= 11 is 1.71. The molecule has 0 aliphatic carbocycles. The van der Waals surface area contributed by atoms with Crippen molar-refractivity contribution in [2.45, 2.75) is 46.5 Å². The predicted octanol–water partition coefficient (Wildman–Crippen LogP) is 4.63. The van der Waals surface area contributed by atoms with E-state index in [2.05, 4.69) is 35.9 Å². The van der Waals surface area contributed by atoms with Crippen molar-refractivity contribution in [1.29, 1.82) is 0 Å². The number of fused-ring (bicyclic) bond motifs is 1. The summed E-state index contributed by atoms with van der Waals surface area (Å²) in [5.74, 6) is 2.41. The standard InChI is InChI=1S/C24H36N4OS/c1-17-7-11-28(12-8-17)24-26-21-6-5-20(14-22(21)30-24)23(29)25-9-4-10-27-15-18(2)13-19(3)16-27/h5-6,14,17-19H,4,7-13,15-16H2,1-3H3,(H,25,29)/t18-,19-/m1/s1. The number of benzene rings is 1. The van der Waals surface area contributed by atoms with Crippen LogP contribution in [-0.2, 0) is 0 Å². The lowest BCUT2D eigenvalue weighted by Crippen LogP contribution is -2.40. The molecule has 2 aliphatic rings. The maximum absolute atomic E-state index is 12.6. The SMILES string of the molecule is CC1CCN(c2nc3ccc(C(=O)NCCCN4C[C@H](C)C[C@@H](C)C4)cc3s2)CC1. The van der Waals surface area contributed by atoms with Gasteiger partial charge in [-0.15, -0.1) is 0 Å². The quantitative estimate of drug-likeness (QED) is 0.682. The number of carbonyl (C=O) groups is 1. The molecule has 30 heavy (non-hydrogen) atoms. The molecule has 6 heteroatoms. The number of nitrogens with zero attached hydrogens (tertiary/aromatic N) is 3. The third kappa shape index (κ3) is 5.33. The summed E-state index contributed by atoms with van der Waals surface area (Å²) in [5.41, 5.74) is 1.74. The van der Waals surface area contributed by atoms with Crippen molar-refractivity contribution in [3.63, 3.8) is 0 Å². The van der Waals surface area contributed by atoms with Crippen LogP contribution in [0, 0.1) is 17.8 Å². The van der Waals surface area contributed by atoms with Crippen LogP contribution in [0.3, 0.4) is 0 Å². The molecule has 2 saturated heterocycles. The molecule has 1 aromatic carbocycles. The molecule has 0 bridgehead atoms. The first-order chi connectivity index (χ1) is 14.5. The molecule has 0 unspecified atom stereocenters. The van der Waals surface area contributed by atoms with Crippen LogP contribution in [0.15, 0.2) is 18.2 Å². The topological polar surface area (TPSA) is 48.5 Å². The second-order valence-electron chi connectivity index (χ2n) is 9.66. The normalized spacial score (nSPS) is 23.8. The molecule has 0 saturated carbocycles. The second kappa shape index (κ2) is 9.65. The highest BCUT2D eigenvalue weighted by Gasteiger charge is 2.21. The molecule has 1 amide bonds. The Bertz CT molecular complexity index is 848. The van der Waals surface area contributed by atoms with E-state index >= 15 is 0 Å². The minimum atomic E-state index is 0.0269. The summed E-state index contributed by atoms with van der Waals surface area (Å²) in [6, 6.07) is 5.91. The Morgan fingerprint density at radius 1 is 1.13 bits per heavy atom. The van der Waals surface area contributed by atoms with Crippen molar-refractivity contribution in [1.82, 2.24) is 15.2 Å². The smallest absolute Gasteiger partial charge is 0.251 e. The maximum Gasteiger partial charge on any atom is 0.251 e. The molecule has 3 heterocycles. The van der Waals surface area contributed by atoms with Crippen molar-refractivity contribution in [3.8, 4) is 0 Å². The van der Waals surface area contributed by atoms with Gasteiger partial charge in [-0.25, -0.2) is 4.98 Å². The van der Waals surface area contributed by atoms with Crippen LogP contribution >= 0.6 is 11.3 Å². The molecule has 1 N–H and O–H groups in total. The van der Waals surface area contributed by atoms with E-state index in [1.165, 1.54) is 32.4 Å². The fourth-order valence-corrected chi connectivity index (χ4v) is 6.03. The molecular formula is C24H36N4OS. The lowest BCUT2D eigenvalue weighted by Gasteiger charge is -2.34. The number of amides is 1. The van der Waals surface area contributed by atoms with Crippen molar-refractivity contribution in [3.05, 3.63) is 23.8 Å². The van der Waals surface area contributed by atoms with E-state index < -0.39 is 0 Å². The monoisotopic (exact) mass is 428 g/mol. The van der Waals surface area contributed by atoms with Crippen molar-refractivity contribution < 1.29 is 4.79 Å². The van der Waals surface area contributed by atoms with Crippen LogP contribution in [0.1, 0.15) is 56.8 Å². The highest BCUT2D eigenvalue weighted by molar-refractivity contribution is 7.22. The fraction of sp³-hybridized carbons (Fsp3) is 0.667. The molecule has 2 fully saturated rings. The van der Waals surface area contributed by atoms with E-state index in [-0.39, 0.29) is 5.91 Å². The highest BCUT2D eigenvalue weighted by atomic mass is 32.1. The van der Waals surface area contributed by atoms with Gasteiger partial charge in [0, 0.05) is 38.3 Å². The van der Waals surface area contributed by atoms with Gasteiger partial charge < -0.3 is 15.1 Å². The molecule has 2 aliphatic heterocycles. The van der Waals surface area contributed by atoms with Crippen LogP contribution in [0.5, 0.6) is 0 Å². The minimum absolute atomic E-state index is 0.0269. The van der Waals surface area contributed by atoms with Crippen LogP contribution in [0.25, 0.3) is 10.2 Å². The van der Waals surface area contributed by atoms with Crippen molar-refractivity contribution in [2.75, 3.05) is 44.2 Å². The van der Waals surface area contributed by atoms with E-state index in [0.717, 1.165) is 71.3 Å². The predicted molar refractivity (Wildman–Crippen MR) is 127 cm³/mol. The van der Waals surface area contributed by atoms with E-state index in [0.29, 0.717) is 0 Å². The van der Waals surface area contributed by atoms with Gasteiger partial charge in [0.05, 0.1) is 10.2 Å². The number of thiazole rings is 1. The molecule has 1 aromatic heterocycles. The molecule has 2 aromatic rings. The molecule has 5 nitrogen and oxygen atoms in total. The van der Waals surface area contributed by atoms with Crippen LogP contribution < -0.4 is 10.2 Å². The Labute approximate surface area is 184 Å². The number of piperidine rings is 2. The largest absolute Gasteiger partial charge is 0.352 e. The van der Waals surface area contributed by atoms with Gasteiger partial charge in [0.15, 0.2) is 5.13 Å². The summed E-state index contributed by atoms with van der Waals surface area (Å²) < 4.78 is 1.10. The average molecular weight is 429 g/mol.